The maximum atomic E-state index is 11.9. The van der Waals surface area contributed by atoms with E-state index in [9.17, 15) is 19.5 Å². The van der Waals surface area contributed by atoms with Gasteiger partial charge in [-0.1, -0.05) is 0 Å². The number of anilines is 2. The lowest BCUT2D eigenvalue weighted by molar-refractivity contribution is -0.142. The zero-order valence-corrected chi connectivity index (χ0v) is 16.8. The van der Waals surface area contributed by atoms with Gasteiger partial charge in [-0.05, 0) is 44.6 Å². The molecule has 1 aliphatic heterocycles. The fourth-order valence-corrected chi connectivity index (χ4v) is 4.04. The average molecular weight is 425 g/mol. The van der Waals surface area contributed by atoms with Crippen molar-refractivity contribution in [3.8, 4) is 0 Å². The summed E-state index contributed by atoms with van der Waals surface area (Å²) < 4.78 is 1.60. The molecule has 11 nitrogen and oxygen atoms in total. The van der Waals surface area contributed by atoms with Crippen LogP contribution < -0.4 is 16.0 Å². The van der Waals surface area contributed by atoms with Crippen molar-refractivity contribution in [3.63, 3.8) is 0 Å². The van der Waals surface area contributed by atoms with Crippen molar-refractivity contribution in [3.05, 3.63) is 17.3 Å². The van der Waals surface area contributed by atoms with E-state index in [4.69, 9.17) is 0 Å². The molecule has 11 heteroatoms. The fourth-order valence-electron chi connectivity index (χ4n) is 4.04. The molecule has 162 valence electrons. The van der Waals surface area contributed by atoms with Gasteiger partial charge in [0.05, 0.1) is 18.5 Å². The Bertz CT molecular complexity index is 1100. The molecule has 3 fully saturated rings. The minimum atomic E-state index is -0.738. The molecule has 0 spiro atoms. The third-order valence-corrected chi connectivity index (χ3v) is 5.94. The van der Waals surface area contributed by atoms with Gasteiger partial charge in [0, 0.05) is 23.2 Å². The number of carboxylic acid groups (broad SMARTS) is 1. The lowest BCUT2D eigenvalue weighted by Gasteiger charge is -2.26. The van der Waals surface area contributed by atoms with Crippen LogP contribution in [-0.2, 0) is 14.4 Å². The van der Waals surface area contributed by atoms with Crippen LogP contribution in [0.2, 0.25) is 0 Å². The maximum absolute atomic E-state index is 11.9. The summed E-state index contributed by atoms with van der Waals surface area (Å²) in [6.07, 6.45) is 8.11. The maximum Gasteiger partial charge on any atom is 0.306 e. The van der Waals surface area contributed by atoms with E-state index in [0.717, 1.165) is 25.7 Å². The number of aliphatic carboxylic acids is 1. The topological polar surface area (TPSA) is 151 Å². The molecule has 0 unspecified atom stereocenters. The Hall–Kier alpha value is -3.50. The molecule has 2 aliphatic carbocycles. The van der Waals surface area contributed by atoms with Gasteiger partial charge in [-0.3, -0.25) is 19.7 Å². The first-order valence-corrected chi connectivity index (χ1v) is 10.5. The van der Waals surface area contributed by atoms with E-state index in [1.54, 1.807) is 16.8 Å². The second kappa shape index (κ2) is 7.64. The number of imide groups is 1. The molecule has 2 saturated carbocycles. The number of rotatable bonds is 6. The van der Waals surface area contributed by atoms with Gasteiger partial charge in [0.2, 0.25) is 17.8 Å². The summed E-state index contributed by atoms with van der Waals surface area (Å²) >= 11 is 0. The number of hydrogen-bond donors (Lipinski definition) is 4. The van der Waals surface area contributed by atoms with Gasteiger partial charge >= 0.3 is 5.97 Å². The van der Waals surface area contributed by atoms with Gasteiger partial charge in [-0.2, -0.15) is 19.6 Å². The molecule has 4 N–H and O–H groups in total. The lowest BCUT2D eigenvalue weighted by atomic mass is 9.86. The summed E-state index contributed by atoms with van der Waals surface area (Å²) in [5, 5.41) is 22.6. The molecule has 3 aliphatic rings. The Balaban J connectivity index is 1.44. The number of hydrogen-bond acceptors (Lipinski definition) is 8. The molecule has 0 bridgehead atoms. The van der Waals surface area contributed by atoms with E-state index >= 15 is 0 Å². The van der Waals surface area contributed by atoms with Gasteiger partial charge in [0.15, 0.2) is 5.65 Å². The highest BCUT2D eigenvalue weighted by Gasteiger charge is 2.28. The van der Waals surface area contributed by atoms with Crippen molar-refractivity contribution in [2.45, 2.75) is 57.0 Å². The van der Waals surface area contributed by atoms with Crippen LogP contribution >= 0.6 is 0 Å². The molecule has 2 amide bonds. The van der Waals surface area contributed by atoms with Crippen LogP contribution in [0, 0.1) is 5.92 Å². The Morgan fingerprint density at radius 3 is 2.45 bits per heavy atom. The van der Waals surface area contributed by atoms with Gasteiger partial charge in [-0.15, -0.1) is 0 Å². The largest absolute Gasteiger partial charge is 0.481 e. The molecule has 0 atom stereocenters. The molecule has 0 aromatic carbocycles. The number of carboxylic acids is 1. The third-order valence-electron chi connectivity index (χ3n) is 5.94. The third kappa shape index (κ3) is 4.07. The van der Waals surface area contributed by atoms with Gasteiger partial charge in [0.25, 0.3) is 5.91 Å². The van der Waals surface area contributed by atoms with E-state index in [1.807, 2.05) is 0 Å². The van der Waals surface area contributed by atoms with Gasteiger partial charge in [0.1, 0.15) is 0 Å². The fraction of sp³-hybridized carbons (Fsp3) is 0.500. The summed E-state index contributed by atoms with van der Waals surface area (Å²) in [4.78, 5) is 43.9. The van der Waals surface area contributed by atoms with E-state index in [2.05, 4.69) is 31.0 Å². The molecular weight excluding hydrogens is 402 g/mol. The van der Waals surface area contributed by atoms with Crippen LogP contribution in [0.15, 0.2) is 11.8 Å². The first-order valence-electron chi connectivity index (χ1n) is 10.5. The second-order valence-electron chi connectivity index (χ2n) is 8.38. The monoisotopic (exact) mass is 425 g/mol. The molecule has 5 rings (SSSR count). The van der Waals surface area contributed by atoms with Crippen molar-refractivity contribution in [2.24, 2.45) is 5.92 Å². The normalized spacial score (nSPS) is 25.1. The quantitative estimate of drug-likeness (QED) is 0.395. The Morgan fingerprint density at radius 2 is 1.81 bits per heavy atom. The number of carbonyl (C=O) groups excluding carboxylic acids is 2. The molecule has 2 aromatic heterocycles. The highest BCUT2D eigenvalue weighted by Crippen LogP contribution is 2.29. The molecule has 3 heterocycles. The van der Waals surface area contributed by atoms with Crippen molar-refractivity contribution in [1.82, 2.24) is 24.9 Å². The highest BCUT2D eigenvalue weighted by atomic mass is 16.4. The van der Waals surface area contributed by atoms with Crippen molar-refractivity contribution in [1.29, 1.82) is 0 Å². The number of nitrogens with zero attached hydrogens (tertiary/aromatic N) is 4. The van der Waals surface area contributed by atoms with Crippen molar-refractivity contribution in [2.75, 3.05) is 10.6 Å². The smallest absolute Gasteiger partial charge is 0.306 e. The van der Waals surface area contributed by atoms with Crippen molar-refractivity contribution < 1.29 is 19.5 Å². The molecule has 2 aromatic rings. The Morgan fingerprint density at radius 1 is 1.10 bits per heavy atom. The number of nitrogens with one attached hydrogen (secondary N) is 3. The van der Waals surface area contributed by atoms with E-state index < -0.39 is 11.9 Å². The van der Waals surface area contributed by atoms with Gasteiger partial charge in [-0.25, -0.2) is 0 Å². The highest BCUT2D eigenvalue weighted by molar-refractivity contribution is 6.15. The first kappa shape index (κ1) is 19.5. The Kier molecular flexibility index (Phi) is 4.79. The van der Waals surface area contributed by atoms with Crippen LogP contribution in [0.25, 0.3) is 11.7 Å². The molecule has 1 saturated heterocycles. The number of amides is 2. The zero-order chi connectivity index (χ0) is 21.5. The molecule has 0 radical (unpaired) electrons. The summed E-state index contributed by atoms with van der Waals surface area (Å²) in [6, 6.07) is 0.441. The zero-order valence-electron chi connectivity index (χ0n) is 16.8. The van der Waals surface area contributed by atoms with Crippen molar-refractivity contribution >= 4 is 41.4 Å². The Labute approximate surface area is 177 Å². The predicted molar refractivity (Wildman–Crippen MR) is 110 cm³/mol. The number of fused-ring (bicyclic) bond motifs is 1. The summed E-state index contributed by atoms with van der Waals surface area (Å²) in [5.74, 6) is -0.756. The second-order valence-corrected chi connectivity index (χ2v) is 8.38. The van der Waals surface area contributed by atoms with Crippen LogP contribution in [0.5, 0.6) is 0 Å². The van der Waals surface area contributed by atoms with E-state index in [0.29, 0.717) is 47.6 Å². The minimum Gasteiger partial charge on any atom is -0.481 e. The minimum absolute atomic E-state index is 0.0341. The molecular formula is C20H23N7O4. The summed E-state index contributed by atoms with van der Waals surface area (Å²) in [7, 11) is 0. The number of carbonyl (C=O) groups is 3. The van der Waals surface area contributed by atoms with Crippen LogP contribution in [0.3, 0.4) is 0 Å². The van der Waals surface area contributed by atoms with E-state index in [1.165, 1.54) is 0 Å². The standard InChI is InChI=1S/C20H23N7O4/c28-15-8-11(17(29)24-15)7-12-9-21-27-16(12)25-19(26-20(27)23-14-5-6-14)22-13-3-1-10(2-4-13)18(30)31/h7,9-10,13-14H,1-6,8H2,(H,30,31)(H,24,28,29)(H2,22,23,25,26)/b11-7+. The predicted octanol–water partition coefficient (Wildman–Crippen LogP) is 1.18. The van der Waals surface area contributed by atoms with Crippen LogP contribution in [0.4, 0.5) is 11.9 Å². The molecule has 31 heavy (non-hydrogen) atoms. The van der Waals surface area contributed by atoms with Gasteiger partial charge < -0.3 is 15.7 Å². The van der Waals surface area contributed by atoms with E-state index in [-0.39, 0.29) is 24.3 Å². The average Bonchev–Trinajstić information content (AvgIpc) is 3.37. The van der Waals surface area contributed by atoms with Crippen LogP contribution in [0.1, 0.15) is 50.5 Å². The summed E-state index contributed by atoms with van der Waals surface area (Å²) in [5.41, 5.74) is 1.52. The summed E-state index contributed by atoms with van der Waals surface area (Å²) in [6.45, 7) is 0. The lowest BCUT2D eigenvalue weighted by Crippen LogP contribution is -2.30. The van der Waals surface area contributed by atoms with Crippen LogP contribution in [-0.4, -0.2) is 54.6 Å². The SMILES string of the molecule is O=C1C/C(=C\c2cnn3c(NC4CC4)nc(NC4CCC(C(=O)O)CC4)nc23)C(=O)N1. The first-order chi connectivity index (χ1) is 15.0. The number of aromatic nitrogens is 4.